The van der Waals surface area contributed by atoms with Gasteiger partial charge in [0.15, 0.2) is 0 Å². The molecule has 4 fully saturated rings. The number of rotatable bonds is 4. The summed E-state index contributed by atoms with van der Waals surface area (Å²) in [6.07, 6.45) is 11.1. The fourth-order valence-electron chi connectivity index (χ4n) is 6.02. The van der Waals surface area contributed by atoms with Crippen LogP contribution in [0, 0.1) is 30.1 Å². The Morgan fingerprint density at radius 1 is 1.15 bits per heavy atom. The fourth-order valence-corrected chi connectivity index (χ4v) is 6.02. The minimum absolute atomic E-state index is 0.275. The van der Waals surface area contributed by atoms with Gasteiger partial charge in [-0.3, -0.25) is 0 Å². The number of nitrogens with two attached hydrogens (primary N) is 1. The molecule has 1 heterocycles. The second-order valence-corrected chi connectivity index (χ2v) is 8.10. The van der Waals surface area contributed by atoms with Gasteiger partial charge in [-0.25, -0.2) is 0 Å². The molecule has 4 aliphatic carbocycles. The summed E-state index contributed by atoms with van der Waals surface area (Å²) in [5, 5.41) is 0. The normalized spacial score (nSPS) is 40.2. The molecule has 0 aliphatic heterocycles. The Bertz CT molecular complexity index is 454. The summed E-state index contributed by atoms with van der Waals surface area (Å²) in [7, 11) is 0. The van der Waals surface area contributed by atoms with E-state index in [1.807, 2.05) is 13.0 Å². The van der Waals surface area contributed by atoms with E-state index in [-0.39, 0.29) is 6.04 Å². The second kappa shape index (κ2) is 4.62. The van der Waals surface area contributed by atoms with Crippen LogP contribution in [0.2, 0.25) is 0 Å². The Morgan fingerprint density at radius 2 is 1.75 bits per heavy atom. The van der Waals surface area contributed by atoms with E-state index in [2.05, 4.69) is 6.07 Å². The Labute approximate surface area is 122 Å². The summed E-state index contributed by atoms with van der Waals surface area (Å²) in [6, 6.07) is 4.42. The third-order valence-corrected chi connectivity index (χ3v) is 6.12. The first-order valence-electron chi connectivity index (χ1n) is 8.41. The summed E-state index contributed by atoms with van der Waals surface area (Å²) in [4.78, 5) is 0. The predicted molar refractivity (Wildman–Crippen MR) is 80.3 cm³/mol. The van der Waals surface area contributed by atoms with Crippen LogP contribution in [0.15, 0.2) is 16.5 Å². The van der Waals surface area contributed by atoms with Crippen molar-refractivity contribution in [3.05, 3.63) is 23.7 Å². The second-order valence-electron chi connectivity index (χ2n) is 8.10. The van der Waals surface area contributed by atoms with E-state index in [0.717, 1.165) is 35.7 Å². The molecule has 1 unspecified atom stereocenters. The van der Waals surface area contributed by atoms with Crippen LogP contribution in [0.3, 0.4) is 0 Å². The lowest BCUT2D eigenvalue weighted by atomic mass is 9.48. The topological polar surface area (TPSA) is 39.2 Å². The van der Waals surface area contributed by atoms with Crippen LogP contribution in [-0.4, -0.2) is 6.04 Å². The van der Waals surface area contributed by atoms with Crippen molar-refractivity contribution in [2.75, 3.05) is 0 Å². The van der Waals surface area contributed by atoms with E-state index in [4.69, 9.17) is 10.2 Å². The minimum atomic E-state index is 0.275. The molecule has 1 aromatic heterocycles. The average Bonchev–Trinajstić information content (AvgIpc) is 2.71. The highest BCUT2D eigenvalue weighted by Gasteiger charge is 2.50. The largest absolute Gasteiger partial charge is 0.466 e. The molecule has 1 aromatic rings. The number of furan rings is 1. The van der Waals surface area contributed by atoms with E-state index in [9.17, 15) is 0 Å². The maximum Gasteiger partial charge on any atom is 0.105 e. The van der Waals surface area contributed by atoms with Gasteiger partial charge in [-0.05, 0) is 87.2 Å². The number of hydrogen-bond acceptors (Lipinski definition) is 2. The van der Waals surface area contributed by atoms with Gasteiger partial charge < -0.3 is 10.2 Å². The van der Waals surface area contributed by atoms with Gasteiger partial charge in [0.1, 0.15) is 11.5 Å². The zero-order valence-electron chi connectivity index (χ0n) is 12.6. The molecule has 0 spiro atoms. The molecule has 1 atom stereocenters. The van der Waals surface area contributed by atoms with Crippen molar-refractivity contribution in [3.8, 4) is 0 Å². The monoisotopic (exact) mass is 273 g/mol. The van der Waals surface area contributed by atoms with Crippen molar-refractivity contribution in [1.29, 1.82) is 0 Å². The van der Waals surface area contributed by atoms with Crippen LogP contribution in [0.4, 0.5) is 0 Å². The number of aryl methyl sites for hydroxylation is 1. The first-order valence-corrected chi connectivity index (χ1v) is 8.41. The summed E-state index contributed by atoms with van der Waals surface area (Å²) in [5.41, 5.74) is 7.07. The molecule has 5 rings (SSSR count). The summed E-state index contributed by atoms with van der Waals surface area (Å²) in [5.74, 6) is 5.15. The van der Waals surface area contributed by atoms with Gasteiger partial charge in [0.2, 0.25) is 0 Å². The van der Waals surface area contributed by atoms with Crippen molar-refractivity contribution in [2.24, 2.45) is 28.9 Å². The van der Waals surface area contributed by atoms with Gasteiger partial charge in [0.05, 0.1) is 0 Å². The Balaban J connectivity index is 1.43. The summed E-state index contributed by atoms with van der Waals surface area (Å²) < 4.78 is 5.69. The first-order chi connectivity index (χ1) is 9.60. The standard InChI is InChI=1S/C18H27NO/c1-12-2-3-17(20-12)7-16(19)11-18-8-13-4-14(9-18)6-15(5-13)10-18/h2-3,13-16H,4-11,19H2,1H3. The molecule has 0 amide bonds. The smallest absolute Gasteiger partial charge is 0.105 e. The van der Waals surface area contributed by atoms with Crippen molar-refractivity contribution in [1.82, 2.24) is 0 Å². The van der Waals surface area contributed by atoms with Crippen molar-refractivity contribution in [2.45, 2.75) is 64.3 Å². The van der Waals surface area contributed by atoms with Crippen LogP contribution >= 0.6 is 0 Å². The number of hydrogen-bond donors (Lipinski definition) is 1. The van der Waals surface area contributed by atoms with Crippen LogP contribution in [0.5, 0.6) is 0 Å². The maximum absolute atomic E-state index is 6.48. The van der Waals surface area contributed by atoms with Gasteiger partial charge in [-0.15, -0.1) is 0 Å². The van der Waals surface area contributed by atoms with Gasteiger partial charge in [0.25, 0.3) is 0 Å². The average molecular weight is 273 g/mol. The lowest BCUT2D eigenvalue weighted by Gasteiger charge is -2.57. The van der Waals surface area contributed by atoms with Crippen LogP contribution in [-0.2, 0) is 6.42 Å². The first kappa shape index (κ1) is 12.9. The minimum Gasteiger partial charge on any atom is -0.466 e. The molecule has 2 heteroatoms. The molecule has 0 saturated heterocycles. The van der Waals surface area contributed by atoms with E-state index >= 15 is 0 Å². The highest BCUT2D eigenvalue weighted by atomic mass is 16.3. The van der Waals surface area contributed by atoms with Gasteiger partial charge in [0, 0.05) is 12.5 Å². The molecular formula is C18H27NO. The van der Waals surface area contributed by atoms with Gasteiger partial charge in [-0.1, -0.05) is 0 Å². The Morgan fingerprint density at radius 3 is 2.25 bits per heavy atom. The highest BCUT2D eigenvalue weighted by molar-refractivity contribution is 5.08. The van der Waals surface area contributed by atoms with E-state index < -0.39 is 0 Å². The van der Waals surface area contributed by atoms with E-state index in [1.165, 1.54) is 44.9 Å². The van der Waals surface area contributed by atoms with Crippen LogP contribution < -0.4 is 5.73 Å². The van der Waals surface area contributed by atoms with Crippen molar-refractivity contribution < 1.29 is 4.42 Å². The molecule has 4 aliphatic rings. The third-order valence-electron chi connectivity index (χ3n) is 6.12. The molecule has 0 aromatic carbocycles. The molecule has 4 bridgehead atoms. The molecule has 0 radical (unpaired) electrons. The van der Waals surface area contributed by atoms with Crippen molar-refractivity contribution in [3.63, 3.8) is 0 Å². The summed E-state index contributed by atoms with van der Waals surface area (Å²) in [6.45, 7) is 2.01. The lowest BCUT2D eigenvalue weighted by Crippen LogP contribution is -2.48. The quantitative estimate of drug-likeness (QED) is 0.898. The summed E-state index contributed by atoms with van der Waals surface area (Å²) >= 11 is 0. The molecule has 2 nitrogen and oxygen atoms in total. The Hall–Kier alpha value is -0.760. The van der Waals surface area contributed by atoms with E-state index in [0.29, 0.717) is 5.41 Å². The van der Waals surface area contributed by atoms with Crippen LogP contribution in [0.1, 0.15) is 56.5 Å². The molecule has 2 N–H and O–H groups in total. The zero-order chi connectivity index (χ0) is 13.7. The van der Waals surface area contributed by atoms with Crippen molar-refractivity contribution >= 4 is 0 Å². The van der Waals surface area contributed by atoms with Crippen LogP contribution in [0.25, 0.3) is 0 Å². The fraction of sp³-hybridized carbons (Fsp3) is 0.778. The Kier molecular flexibility index (Phi) is 2.99. The lowest BCUT2D eigenvalue weighted by molar-refractivity contribution is -0.0604. The third kappa shape index (κ3) is 2.32. The predicted octanol–water partition coefficient (Wildman–Crippen LogP) is 4.06. The molecule has 20 heavy (non-hydrogen) atoms. The van der Waals surface area contributed by atoms with Gasteiger partial charge in [-0.2, -0.15) is 0 Å². The molecule has 110 valence electrons. The SMILES string of the molecule is Cc1ccc(CC(N)CC23CC4CC(CC(C4)C2)C3)o1. The molecular weight excluding hydrogens is 246 g/mol. The maximum atomic E-state index is 6.48. The molecule has 4 saturated carbocycles. The highest BCUT2D eigenvalue weighted by Crippen LogP contribution is 2.61. The zero-order valence-corrected chi connectivity index (χ0v) is 12.6. The van der Waals surface area contributed by atoms with Gasteiger partial charge >= 0.3 is 0 Å². The van der Waals surface area contributed by atoms with E-state index in [1.54, 1.807) is 0 Å².